The third kappa shape index (κ3) is 2.75. The molecule has 0 spiro atoms. The van der Waals surface area contributed by atoms with Gasteiger partial charge in [0.05, 0.1) is 27.1 Å². The van der Waals surface area contributed by atoms with Gasteiger partial charge in [-0.15, -0.1) is 11.8 Å². The minimum absolute atomic E-state index is 0.0163. The number of carbonyl (C=O) groups is 2. The highest BCUT2D eigenvalue weighted by Gasteiger charge is 2.29. The highest BCUT2D eigenvalue weighted by Crippen LogP contribution is 2.35. The highest BCUT2D eigenvalue weighted by atomic mass is 32.2. The number of ketones is 1. The summed E-state index contributed by atoms with van der Waals surface area (Å²) in [6, 6.07) is 3.44. The van der Waals surface area contributed by atoms with Crippen molar-refractivity contribution >= 4 is 23.5 Å². The number of benzene rings is 1. The number of esters is 1. The van der Waals surface area contributed by atoms with Gasteiger partial charge in [0.25, 0.3) is 0 Å². The monoisotopic (exact) mass is 296 g/mol. The van der Waals surface area contributed by atoms with Gasteiger partial charge in [0.2, 0.25) is 0 Å². The standard InChI is InChI=1S/C14H16O5S/c1-17-11-4-8-5-13(14(16)19-3)20-7-10(15)9(8)6-12(11)18-2/h4,6,13H,5,7H2,1-3H3. The zero-order valence-electron chi connectivity index (χ0n) is 11.6. The van der Waals surface area contributed by atoms with Gasteiger partial charge < -0.3 is 14.2 Å². The summed E-state index contributed by atoms with van der Waals surface area (Å²) in [5.74, 6) is 0.987. The van der Waals surface area contributed by atoms with Gasteiger partial charge in [-0.3, -0.25) is 9.59 Å². The van der Waals surface area contributed by atoms with Crippen LogP contribution in [0.3, 0.4) is 0 Å². The van der Waals surface area contributed by atoms with Crippen LogP contribution in [0.1, 0.15) is 15.9 Å². The first-order valence-corrected chi connectivity index (χ1v) is 7.13. The lowest BCUT2D eigenvalue weighted by Crippen LogP contribution is -2.21. The van der Waals surface area contributed by atoms with E-state index in [1.807, 2.05) is 0 Å². The average Bonchev–Trinajstić information content (AvgIpc) is 2.64. The molecule has 0 N–H and O–H groups in total. The van der Waals surface area contributed by atoms with Crippen LogP contribution >= 0.6 is 11.8 Å². The van der Waals surface area contributed by atoms with Crippen molar-refractivity contribution in [1.82, 2.24) is 0 Å². The number of ether oxygens (including phenoxy) is 3. The van der Waals surface area contributed by atoms with Gasteiger partial charge in [-0.25, -0.2) is 0 Å². The van der Waals surface area contributed by atoms with E-state index in [9.17, 15) is 9.59 Å². The number of Topliss-reactive ketones (excluding diaryl/α,β-unsaturated/α-hetero) is 1. The van der Waals surface area contributed by atoms with Gasteiger partial charge in [-0.05, 0) is 24.1 Å². The molecule has 0 bridgehead atoms. The summed E-state index contributed by atoms with van der Waals surface area (Å²) in [4.78, 5) is 23.9. The van der Waals surface area contributed by atoms with Crippen LogP contribution < -0.4 is 9.47 Å². The van der Waals surface area contributed by atoms with Crippen LogP contribution in [0.4, 0.5) is 0 Å². The van der Waals surface area contributed by atoms with Crippen LogP contribution in [0.25, 0.3) is 0 Å². The molecule has 0 aliphatic carbocycles. The first kappa shape index (κ1) is 14.7. The van der Waals surface area contributed by atoms with E-state index in [2.05, 4.69) is 0 Å². The minimum atomic E-state index is -0.372. The lowest BCUT2D eigenvalue weighted by atomic mass is 9.99. The summed E-state index contributed by atoms with van der Waals surface area (Å²) in [6.45, 7) is 0. The first-order chi connectivity index (χ1) is 9.60. The Hall–Kier alpha value is -1.69. The molecule has 0 fully saturated rings. The fraction of sp³-hybridized carbons (Fsp3) is 0.429. The fourth-order valence-corrected chi connectivity index (χ4v) is 3.18. The zero-order chi connectivity index (χ0) is 14.7. The minimum Gasteiger partial charge on any atom is -0.493 e. The zero-order valence-corrected chi connectivity index (χ0v) is 12.4. The predicted molar refractivity (Wildman–Crippen MR) is 75.8 cm³/mol. The van der Waals surface area contributed by atoms with Gasteiger partial charge in [-0.2, -0.15) is 0 Å². The molecule has 2 rings (SSSR count). The molecule has 1 aliphatic rings. The Labute approximate surface area is 121 Å². The lowest BCUT2D eigenvalue weighted by Gasteiger charge is -2.14. The van der Waals surface area contributed by atoms with Gasteiger partial charge in [0.1, 0.15) is 5.25 Å². The Kier molecular flexibility index (Phi) is 4.54. The molecule has 20 heavy (non-hydrogen) atoms. The number of carbonyl (C=O) groups excluding carboxylic acids is 2. The normalized spacial score (nSPS) is 17.9. The Balaban J connectivity index is 2.45. The van der Waals surface area contributed by atoms with Crippen molar-refractivity contribution in [2.24, 2.45) is 0 Å². The largest absolute Gasteiger partial charge is 0.493 e. The number of fused-ring (bicyclic) bond motifs is 1. The molecule has 0 radical (unpaired) electrons. The van der Waals surface area contributed by atoms with E-state index in [4.69, 9.17) is 14.2 Å². The SMILES string of the molecule is COC(=O)C1Cc2cc(OC)c(OC)cc2C(=O)CS1. The summed E-state index contributed by atoms with van der Waals surface area (Å²) in [7, 11) is 4.41. The van der Waals surface area contributed by atoms with E-state index in [-0.39, 0.29) is 22.8 Å². The predicted octanol–water partition coefficient (Wildman–Crippen LogP) is 1.72. The summed E-state index contributed by atoms with van der Waals surface area (Å²) in [5, 5.41) is -0.372. The maximum Gasteiger partial charge on any atom is 0.319 e. The smallest absolute Gasteiger partial charge is 0.319 e. The summed E-state index contributed by atoms with van der Waals surface area (Å²) >= 11 is 1.30. The molecule has 0 aromatic heterocycles. The molecular formula is C14H16O5S. The Bertz CT molecular complexity index is 541. The maximum atomic E-state index is 12.2. The molecule has 1 aliphatic heterocycles. The number of hydrogen-bond acceptors (Lipinski definition) is 6. The molecule has 1 aromatic rings. The second-order valence-electron chi connectivity index (χ2n) is 4.31. The summed E-state index contributed by atoms with van der Waals surface area (Å²) in [5.41, 5.74) is 1.37. The van der Waals surface area contributed by atoms with E-state index in [1.165, 1.54) is 33.1 Å². The quantitative estimate of drug-likeness (QED) is 0.791. The van der Waals surface area contributed by atoms with Crippen LogP contribution in [0.2, 0.25) is 0 Å². The van der Waals surface area contributed by atoms with Crippen molar-refractivity contribution in [2.45, 2.75) is 11.7 Å². The van der Waals surface area contributed by atoms with Crippen molar-refractivity contribution < 1.29 is 23.8 Å². The Morgan fingerprint density at radius 2 is 1.85 bits per heavy atom. The molecule has 0 saturated carbocycles. The van der Waals surface area contributed by atoms with E-state index in [1.54, 1.807) is 12.1 Å². The van der Waals surface area contributed by atoms with Gasteiger partial charge >= 0.3 is 5.97 Å². The molecule has 6 heteroatoms. The first-order valence-electron chi connectivity index (χ1n) is 6.08. The Morgan fingerprint density at radius 3 is 2.45 bits per heavy atom. The van der Waals surface area contributed by atoms with Gasteiger partial charge in [0.15, 0.2) is 17.3 Å². The van der Waals surface area contributed by atoms with E-state index in [0.717, 1.165) is 5.56 Å². The van der Waals surface area contributed by atoms with E-state index >= 15 is 0 Å². The molecule has 1 unspecified atom stereocenters. The van der Waals surface area contributed by atoms with Crippen molar-refractivity contribution in [2.75, 3.05) is 27.1 Å². The van der Waals surface area contributed by atoms with Gasteiger partial charge in [0, 0.05) is 5.56 Å². The molecule has 108 valence electrons. The van der Waals surface area contributed by atoms with Crippen molar-refractivity contribution in [1.29, 1.82) is 0 Å². The van der Waals surface area contributed by atoms with Crippen LogP contribution in [-0.2, 0) is 16.0 Å². The second kappa shape index (κ2) is 6.17. The molecule has 0 amide bonds. The highest BCUT2D eigenvalue weighted by molar-refractivity contribution is 8.01. The van der Waals surface area contributed by atoms with Crippen LogP contribution in [0, 0.1) is 0 Å². The molecule has 1 atom stereocenters. The fourth-order valence-electron chi connectivity index (χ4n) is 2.15. The average molecular weight is 296 g/mol. The van der Waals surface area contributed by atoms with Crippen LogP contribution in [0.5, 0.6) is 11.5 Å². The van der Waals surface area contributed by atoms with E-state index in [0.29, 0.717) is 23.5 Å². The van der Waals surface area contributed by atoms with Gasteiger partial charge in [-0.1, -0.05) is 0 Å². The van der Waals surface area contributed by atoms with E-state index < -0.39 is 0 Å². The summed E-state index contributed by atoms with van der Waals surface area (Å²) < 4.78 is 15.2. The molecule has 0 saturated heterocycles. The Morgan fingerprint density at radius 1 is 1.20 bits per heavy atom. The maximum absolute atomic E-state index is 12.2. The number of rotatable bonds is 3. The number of methoxy groups -OCH3 is 3. The van der Waals surface area contributed by atoms with Crippen LogP contribution in [0.15, 0.2) is 12.1 Å². The third-order valence-corrected chi connectivity index (χ3v) is 4.39. The topological polar surface area (TPSA) is 61.8 Å². The lowest BCUT2D eigenvalue weighted by molar-refractivity contribution is -0.139. The molecule has 5 nitrogen and oxygen atoms in total. The summed E-state index contributed by atoms with van der Waals surface area (Å²) in [6.07, 6.45) is 0.443. The molecular weight excluding hydrogens is 280 g/mol. The number of thioether (sulfide) groups is 1. The van der Waals surface area contributed by atoms with Crippen molar-refractivity contribution in [3.8, 4) is 11.5 Å². The number of hydrogen-bond donors (Lipinski definition) is 0. The molecule has 1 aromatic carbocycles. The second-order valence-corrected chi connectivity index (χ2v) is 5.51. The van der Waals surface area contributed by atoms with Crippen LogP contribution in [-0.4, -0.2) is 44.1 Å². The molecule has 1 heterocycles. The van der Waals surface area contributed by atoms with Crippen molar-refractivity contribution in [3.05, 3.63) is 23.3 Å². The third-order valence-electron chi connectivity index (χ3n) is 3.19. The van der Waals surface area contributed by atoms with Crippen molar-refractivity contribution in [3.63, 3.8) is 0 Å².